The van der Waals surface area contributed by atoms with Crippen molar-refractivity contribution < 1.29 is 9.72 Å². The van der Waals surface area contributed by atoms with Gasteiger partial charge in [-0.25, -0.2) is 0 Å². The van der Waals surface area contributed by atoms with Crippen LogP contribution in [-0.2, 0) is 4.79 Å². The summed E-state index contributed by atoms with van der Waals surface area (Å²) in [6, 6.07) is 5.51. The molecule has 0 radical (unpaired) electrons. The number of nitro groups is 1. The van der Waals surface area contributed by atoms with Gasteiger partial charge in [-0.05, 0) is 18.4 Å². The number of halogens is 1. The highest BCUT2D eigenvalue weighted by molar-refractivity contribution is 5.85. The molecule has 0 bridgehead atoms. The largest absolute Gasteiger partial charge is 0.348 e. The molecule has 118 valence electrons. The van der Waals surface area contributed by atoms with Gasteiger partial charge in [0.15, 0.2) is 0 Å². The van der Waals surface area contributed by atoms with Crippen LogP contribution in [-0.4, -0.2) is 16.9 Å². The molecule has 0 aliphatic heterocycles. The average molecular weight is 316 g/mol. The van der Waals surface area contributed by atoms with Crippen molar-refractivity contribution in [2.45, 2.75) is 45.2 Å². The fourth-order valence-electron chi connectivity index (χ4n) is 2.00. The lowest BCUT2D eigenvalue weighted by molar-refractivity contribution is -0.384. The highest BCUT2D eigenvalue weighted by atomic mass is 35.5. The van der Waals surface area contributed by atoms with Gasteiger partial charge in [0.2, 0.25) is 5.91 Å². The minimum Gasteiger partial charge on any atom is -0.348 e. The molecule has 7 heteroatoms. The summed E-state index contributed by atoms with van der Waals surface area (Å²) in [7, 11) is 0. The Hall–Kier alpha value is -1.66. The van der Waals surface area contributed by atoms with E-state index in [2.05, 4.69) is 5.32 Å². The van der Waals surface area contributed by atoms with Crippen LogP contribution in [0.15, 0.2) is 24.3 Å². The topological polar surface area (TPSA) is 98.3 Å². The van der Waals surface area contributed by atoms with Crippen LogP contribution in [0.2, 0.25) is 0 Å². The predicted molar refractivity (Wildman–Crippen MR) is 84.4 cm³/mol. The maximum absolute atomic E-state index is 11.9. The van der Waals surface area contributed by atoms with Crippen molar-refractivity contribution in [3.63, 3.8) is 0 Å². The Kier molecular flexibility index (Phi) is 8.57. The van der Waals surface area contributed by atoms with E-state index >= 15 is 0 Å². The summed E-state index contributed by atoms with van der Waals surface area (Å²) in [6.07, 6.45) is 2.10. The van der Waals surface area contributed by atoms with Gasteiger partial charge in [-0.3, -0.25) is 14.9 Å². The Balaban J connectivity index is 0.00000400. The lowest BCUT2D eigenvalue weighted by atomic mass is 10.0. The van der Waals surface area contributed by atoms with Crippen molar-refractivity contribution in [3.8, 4) is 0 Å². The molecule has 2 atom stereocenters. The zero-order valence-corrected chi connectivity index (χ0v) is 13.1. The van der Waals surface area contributed by atoms with Crippen LogP contribution in [0.4, 0.5) is 5.69 Å². The van der Waals surface area contributed by atoms with E-state index in [1.54, 1.807) is 12.1 Å². The molecule has 1 amide bonds. The van der Waals surface area contributed by atoms with Gasteiger partial charge in [-0.2, -0.15) is 0 Å². The highest BCUT2D eigenvalue weighted by Gasteiger charge is 2.19. The maximum Gasteiger partial charge on any atom is 0.269 e. The number of rotatable bonds is 7. The zero-order valence-electron chi connectivity index (χ0n) is 12.2. The summed E-state index contributed by atoms with van der Waals surface area (Å²) < 4.78 is 0. The number of carbonyl (C=O) groups is 1. The van der Waals surface area contributed by atoms with Crippen LogP contribution < -0.4 is 11.1 Å². The number of hydrogen-bond acceptors (Lipinski definition) is 4. The molecule has 1 aromatic carbocycles. The zero-order chi connectivity index (χ0) is 15.1. The standard InChI is InChI=1S/C14H21N3O3.ClH/c1-3-6-12(15)14(18)16-13(4-2)10-7-5-8-11(9-10)17(19)20;/h5,7-9,12-13H,3-4,6,15H2,1-2H3,(H,16,18);1H. The Morgan fingerprint density at radius 3 is 2.62 bits per heavy atom. The second kappa shape index (κ2) is 9.31. The molecular weight excluding hydrogens is 294 g/mol. The van der Waals surface area contributed by atoms with Gasteiger partial charge in [0.25, 0.3) is 5.69 Å². The normalized spacial score (nSPS) is 12.9. The van der Waals surface area contributed by atoms with Gasteiger partial charge >= 0.3 is 0 Å². The Labute approximate surface area is 130 Å². The molecule has 0 heterocycles. The summed E-state index contributed by atoms with van der Waals surface area (Å²) in [5.74, 6) is -0.217. The highest BCUT2D eigenvalue weighted by Crippen LogP contribution is 2.21. The van der Waals surface area contributed by atoms with E-state index in [-0.39, 0.29) is 30.0 Å². The molecule has 0 spiro atoms. The first-order chi connectivity index (χ1) is 9.49. The van der Waals surface area contributed by atoms with Crippen molar-refractivity contribution in [2.75, 3.05) is 0 Å². The predicted octanol–water partition coefficient (Wildman–Crippen LogP) is 2.71. The van der Waals surface area contributed by atoms with Crippen LogP contribution in [0.3, 0.4) is 0 Å². The molecule has 1 rings (SSSR count). The number of hydrogen-bond donors (Lipinski definition) is 2. The monoisotopic (exact) mass is 315 g/mol. The van der Waals surface area contributed by atoms with Crippen molar-refractivity contribution >= 4 is 24.0 Å². The molecule has 0 aliphatic rings. The Bertz CT molecular complexity index is 482. The minimum atomic E-state index is -0.534. The van der Waals surface area contributed by atoms with Crippen LogP contribution in [0.1, 0.15) is 44.7 Å². The molecule has 21 heavy (non-hydrogen) atoms. The van der Waals surface area contributed by atoms with Crippen LogP contribution in [0.5, 0.6) is 0 Å². The number of nitrogens with zero attached hydrogens (tertiary/aromatic N) is 1. The fourth-order valence-corrected chi connectivity index (χ4v) is 2.00. The smallest absolute Gasteiger partial charge is 0.269 e. The average Bonchev–Trinajstić information content (AvgIpc) is 2.44. The van der Waals surface area contributed by atoms with Crippen molar-refractivity contribution in [3.05, 3.63) is 39.9 Å². The quantitative estimate of drug-likeness (QED) is 0.597. The molecule has 0 fully saturated rings. The fraction of sp³-hybridized carbons (Fsp3) is 0.500. The number of benzene rings is 1. The Morgan fingerprint density at radius 2 is 2.10 bits per heavy atom. The summed E-state index contributed by atoms with van der Waals surface area (Å²) in [4.78, 5) is 22.3. The van der Waals surface area contributed by atoms with Gasteiger partial charge in [0, 0.05) is 12.1 Å². The minimum absolute atomic E-state index is 0. The first-order valence-corrected chi connectivity index (χ1v) is 6.79. The second-order valence-corrected chi connectivity index (χ2v) is 4.72. The first kappa shape index (κ1) is 19.3. The number of nitrogens with one attached hydrogen (secondary N) is 1. The molecule has 3 N–H and O–H groups in total. The molecule has 0 saturated carbocycles. The lowest BCUT2D eigenvalue weighted by Crippen LogP contribution is -2.42. The van der Waals surface area contributed by atoms with Crippen molar-refractivity contribution in [1.82, 2.24) is 5.32 Å². The number of nitrogens with two attached hydrogens (primary N) is 1. The third-order valence-corrected chi connectivity index (χ3v) is 3.14. The van der Waals surface area contributed by atoms with Gasteiger partial charge in [-0.1, -0.05) is 32.4 Å². The van der Waals surface area contributed by atoms with E-state index in [1.807, 2.05) is 13.8 Å². The van der Waals surface area contributed by atoms with E-state index in [9.17, 15) is 14.9 Å². The number of non-ortho nitro benzene ring substituents is 1. The van der Waals surface area contributed by atoms with E-state index in [0.717, 1.165) is 12.0 Å². The van der Waals surface area contributed by atoms with Crippen LogP contribution >= 0.6 is 12.4 Å². The third-order valence-electron chi connectivity index (χ3n) is 3.14. The van der Waals surface area contributed by atoms with Crippen LogP contribution in [0.25, 0.3) is 0 Å². The SMILES string of the molecule is CCCC(N)C(=O)NC(CC)c1cccc([N+](=O)[O-])c1.Cl. The summed E-state index contributed by atoms with van der Waals surface area (Å²) in [5.41, 5.74) is 6.51. The van der Waals surface area contributed by atoms with Crippen LogP contribution in [0, 0.1) is 10.1 Å². The number of nitro benzene ring substituents is 1. The first-order valence-electron chi connectivity index (χ1n) is 6.79. The molecule has 0 aliphatic carbocycles. The maximum atomic E-state index is 11.9. The summed E-state index contributed by atoms with van der Waals surface area (Å²) in [6.45, 7) is 3.88. The van der Waals surface area contributed by atoms with Gasteiger partial charge in [0.05, 0.1) is 17.0 Å². The van der Waals surface area contributed by atoms with Gasteiger partial charge < -0.3 is 11.1 Å². The number of amides is 1. The summed E-state index contributed by atoms with van der Waals surface area (Å²) >= 11 is 0. The van der Waals surface area contributed by atoms with Crippen molar-refractivity contribution in [2.24, 2.45) is 5.73 Å². The molecule has 1 aromatic rings. The molecule has 6 nitrogen and oxygen atoms in total. The molecule has 2 unspecified atom stereocenters. The van der Waals surface area contributed by atoms with E-state index < -0.39 is 11.0 Å². The van der Waals surface area contributed by atoms with E-state index in [0.29, 0.717) is 12.8 Å². The van der Waals surface area contributed by atoms with Crippen molar-refractivity contribution in [1.29, 1.82) is 0 Å². The molecule has 0 aromatic heterocycles. The van der Waals surface area contributed by atoms with E-state index in [4.69, 9.17) is 5.73 Å². The molecule has 0 saturated heterocycles. The lowest BCUT2D eigenvalue weighted by Gasteiger charge is -2.20. The molecular formula is C14H22ClN3O3. The Morgan fingerprint density at radius 1 is 1.43 bits per heavy atom. The summed E-state index contributed by atoms with van der Waals surface area (Å²) in [5, 5.41) is 13.6. The third kappa shape index (κ3) is 5.69. The number of carbonyl (C=O) groups excluding carboxylic acids is 1. The van der Waals surface area contributed by atoms with Gasteiger partial charge in [0.1, 0.15) is 0 Å². The van der Waals surface area contributed by atoms with Gasteiger partial charge in [-0.15, -0.1) is 12.4 Å². The van der Waals surface area contributed by atoms with E-state index in [1.165, 1.54) is 12.1 Å². The second-order valence-electron chi connectivity index (χ2n) is 4.72.